The molecule has 0 aliphatic carbocycles. The van der Waals surface area contributed by atoms with Crippen molar-refractivity contribution < 1.29 is 13.3 Å². The molecule has 0 spiro atoms. The molecule has 32 heavy (non-hydrogen) atoms. The zero-order chi connectivity index (χ0) is 22.7. The number of hydrogen-bond acceptors (Lipinski definition) is 2. The predicted octanol–water partition coefficient (Wildman–Crippen LogP) is 7.82. The highest BCUT2D eigenvalue weighted by Gasteiger charge is 2.16. The van der Waals surface area contributed by atoms with Gasteiger partial charge in [-0.2, -0.15) is 0 Å². The number of halogens is 3. The van der Waals surface area contributed by atoms with E-state index in [1.807, 2.05) is 38.1 Å². The van der Waals surface area contributed by atoms with Gasteiger partial charge in [0.2, 0.25) is 0 Å². The Morgan fingerprint density at radius 2 is 1.28 bits per heavy atom. The molecule has 0 amide bonds. The van der Waals surface area contributed by atoms with E-state index < -0.39 is 0 Å². The highest BCUT2D eigenvalue weighted by atomic mass is 35.5. The number of benzene rings is 3. The number of rotatable bonds is 6. The van der Waals surface area contributed by atoms with Crippen LogP contribution in [0.1, 0.15) is 34.6 Å². The third-order valence-corrected chi connectivity index (χ3v) is 5.66. The summed E-state index contributed by atoms with van der Waals surface area (Å²) < 4.78 is 32.5. The van der Waals surface area contributed by atoms with Crippen molar-refractivity contribution in [3.05, 3.63) is 113 Å². The van der Waals surface area contributed by atoms with Crippen molar-refractivity contribution in [2.24, 2.45) is 0 Å². The Morgan fingerprint density at radius 1 is 0.781 bits per heavy atom. The lowest BCUT2D eigenvalue weighted by Crippen LogP contribution is -1.97. The molecule has 4 rings (SSSR count). The van der Waals surface area contributed by atoms with E-state index in [9.17, 15) is 8.78 Å². The van der Waals surface area contributed by atoms with Crippen LogP contribution >= 0.6 is 11.6 Å². The van der Waals surface area contributed by atoms with Gasteiger partial charge in [-0.05, 0) is 77.9 Å². The second-order valence-corrected chi connectivity index (χ2v) is 7.96. The lowest BCUT2D eigenvalue weighted by Gasteiger charge is -2.17. The van der Waals surface area contributed by atoms with E-state index >= 15 is 0 Å². The second-order valence-electron chi connectivity index (χ2n) is 7.58. The number of hydrogen-bond donors (Lipinski definition) is 0. The Labute approximate surface area is 191 Å². The monoisotopic (exact) mass is 449 g/mol. The molecular weight excluding hydrogens is 428 g/mol. The Bertz CT molecular complexity index is 1170. The first kappa shape index (κ1) is 22.0. The summed E-state index contributed by atoms with van der Waals surface area (Å²) in [6.07, 6.45) is 0.594. The summed E-state index contributed by atoms with van der Waals surface area (Å²) in [5.41, 5.74) is 7.41. The topological polar surface area (TPSA) is 26.0 Å². The molecule has 0 aliphatic rings. The second kappa shape index (κ2) is 9.49. The lowest BCUT2D eigenvalue weighted by molar-refractivity contribution is 0.393. The molecule has 0 atom stereocenters. The maximum absolute atomic E-state index is 13.6. The fourth-order valence-electron chi connectivity index (χ4n) is 3.99. The first-order chi connectivity index (χ1) is 15.5. The Morgan fingerprint density at radius 3 is 1.72 bits per heavy atom. The van der Waals surface area contributed by atoms with Crippen molar-refractivity contribution in [2.75, 3.05) is 5.88 Å². The van der Waals surface area contributed by atoms with Crippen LogP contribution in [0.3, 0.4) is 0 Å². The summed E-state index contributed by atoms with van der Waals surface area (Å²) in [7, 11) is 0. The minimum atomic E-state index is -0.310. The standard InChI is InChI=1S/C27H22ClF2NO/c1-17-26(18(2)32-31-17)20-5-3-19(4-6-20)25(15-16-28)27(21-7-11-23(29)12-8-21)22-9-13-24(30)14-10-22/h3-14H,15-16H2,1-2H3. The van der Waals surface area contributed by atoms with Gasteiger partial charge in [-0.15, -0.1) is 11.6 Å². The van der Waals surface area contributed by atoms with Gasteiger partial charge in [-0.1, -0.05) is 53.7 Å². The van der Waals surface area contributed by atoms with Crippen molar-refractivity contribution in [1.82, 2.24) is 5.16 Å². The summed E-state index contributed by atoms with van der Waals surface area (Å²) in [4.78, 5) is 0. The summed E-state index contributed by atoms with van der Waals surface area (Å²) in [6, 6.07) is 20.8. The zero-order valence-electron chi connectivity index (χ0n) is 17.8. The van der Waals surface area contributed by atoms with Crippen LogP contribution < -0.4 is 0 Å². The lowest BCUT2D eigenvalue weighted by atomic mass is 9.87. The van der Waals surface area contributed by atoms with Gasteiger partial charge in [-0.3, -0.25) is 0 Å². The predicted molar refractivity (Wildman–Crippen MR) is 125 cm³/mol. The maximum atomic E-state index is 13.6. The first-order valence-electron chi connectivity index (χ1n) is 10.3. The van der Waals surface area contributed by atoms with E-state index in [2.05, 4.69) is 5.16 Å². The van der Waals surface area contributed by atoms with Gasteiger partial charge in [0.25, 0.3) is 0 Å². The molecule has 0 radical (unpaired) electrons. The third-order valence-electron chi connectivity index (χ3n) is 5.47. The van der Waals surface area contributed by atoms with Crippen LogP contribution in [0.4, 0.5) is 8.78 Å². The molecule has 2 nitrogen and oxygen atoms in total. The Balaban J connectivity index is 1.89. The molecule has 0 aliphatic heterocycles. The molecule has 0 N–H and O–H groups in total. The fraction of sp³-hybridized carbons (Fsp3) is 0.148. The summed E-state index contributed by atoms with van der Waals surface area (Å²) in [5.74, 6) is 0.558. The number of allylic oxidation sites excluding steroid dienone is 1. The summed E-state index contributed by atoms with van der Waals surface area (Å²) >= 11 is 6.19. The quantitative estimate of drug-likeness (QED) is 0.221. The van der Waals surface area contributed by atoms with Gasteiger partial charge in [-0.25, -0.2) is 8.78 Å². The summed E-state index contributed by atoms with van der Waals surface area (Å²) in [6.45, 7) is 3.81. The number of aromatic nitrogens is 1. The number of nitrogens with zero attached hydrogens (tertiary/aromatic N) is 1. The van der Waals surface area contributed by atoms with E-state index in [1.54, 1.807) is 24.3 Å². The Hall–Kier alpha value is -3.24. The third kappa shape index (κ3) is 4.51. The molecule has 1 aromatic heterocycles. The average molecular weight is 450 g/mol. The van der Waals surface area contributed by atoms with E-state index in [0.29, 0.717) is 12.3 Å². The van der Waals surface area contributed by atoms with Crippen LogP contribution in [0, 0.1) is 25.5 Å². The summed E-state index contributed by atoms with van der Waals surface area (Å²) in [5, 5.41) is 4.04. The van der Waals surface area contributed by atoms with Crippen LogP contribution in [0.2, 0.25) is 0 Å². The number of alkyl halides is 1. The molecule has 0 unspecified atom stereocenters. The molecule has 1 heterocycles. The van der Waals surface area contributed by atoms with Crippen LogP contribution in [-0.2, 0) is 0 Å². The van der Waals surface area contributed by atoms with Gasteiger partial charge in [0.15, 0.2) is 0 Å². The Kier molecular flexibility index (Phi) is 6.52. The van der Waals surface area contributed by atoms with E-state index in [1.165, 1.54) is 24.3 Å². The smallest absolute Gasteiger partial charge is 0.141 e. The van der Waals surface area contributed by atoms with E-state index in [0.717, 1.165) is 50.4 Å². The van der Waals surface area contributed by atoms with Crippen molar-refractivity contribution in [3.63, 3.8) is 0 Å². The fourth-order valence-corrected chi connectivity index (χ4v) is 4.18. The van der Waals surface area contributed by atoms with E-state index in [4.69, 9.17) is 16.1 Å². The largest absolute Gasteiger partial charge is 0.361 e. The van der Waals surface area contributed by atoms with Crippen molar-refractivity contribution in [1.29, 1.82) is 0 Å². The molecule has 162 valence electrons. The van der Waals surface area contributed by atoms with E-state index in [-0.39, 0.29) is 11.6 Å². The van der Waals surface area contributed by atoms with Crippen LogP contribution in [-0.4, -0.2) is 11.0 Å². The SMILES string of the molecule is Cc1noc(C)c1-c1ccc(C(CCCl)=C(c2ccc(F)cc2)c2ccc(F)cc2)cc1. The van der Waals surface area contributed by atoms with Gasteiger partial charge < -0.3 is 4.52 Å². The molecule has 0 fully saturated rings. The number of aryl methyl sites for hydroxylation is 2. The average Bonchev–Trinajstić information content (AvgIpc) is 3.14. The first-order valence-corrected chi connectivity index (χ1v) is 10.9. The molecule has 3 aromatic carbocycles. The minimum Gasteiger partial charge on any atom is -0.361 e. The zero-order valence-corrected chi connectivity index (χ0v) is 18.6. The molecule has 5 heteroatoms. The van der Waals surface area contributed by atoms with Crippen LogP contribution in [0.25, 0.3) is 22.3 Å². The minimum absolute atomic E-state index is 0.310. The molecule has 4 aromatic rings. The van der Waals surface area contributed by atoms with Crippen molar-refractivity contribution in [3.8, 4) is 11.1 Å². The van der Waals surface area contributed by atoms with Gasteiger partial charge in [0.1, 0.15) is 17.4 Å². The van der Waals surface area contributed by atoms with Crippen LogP contribution in [0.5, 0.6) is 0 Å². The molecule has 0 saturated heterocycles. The van der Waals surface area contributed by atoms with Gasteiger partial charge >= 0.3 is 0 Å². The normalized spacial score (nSPS) is 10.9. The van der Waals surface area contributed by atoms with Crippen LogP contribution in [0.15, 0.2) is 77.3 Å². The highest BCUT2D eigenvalue weighted by Crippen LogP contribution is 2.36. The van der Waals surface area contributed by atoms with Crippen molar-refractivity contribution >= 4 is 22.7 Å². The molecule has 0 saturated carbocycles. The highest BCUT2D eigenvalue weighted by molar-refractivity contribution is 6.18. The van der Waals surface area contributed by atoms with Gasteiger partial charge in [0, 0.05) is 11.4 Å². The molecule has 0 bridgehead atoms. The van der Waals surface area contributed by atoms with Gasteiger partial charge in [0.05, 0.1) is 5.69 Å². The van der Waals surface area contributed by atoms with Crippen molar-refractivity contribution in [2.45, 2.75) is 20.3 Å². The molecular formula is C27H22ClF2NO. The maximum Gasteiger partial charge on any atom is 0.141 e.